The molecule has 26 heavy (non-hydrogen) atoms. The van der Waals surface area contributed by atoms with Crippen LogP contribution in [0.1, 0.15) is 28.4 Å². The first-order valence-corrected chi connectivity index (χ1v) is 7.21. The molecule has 1 heterocycles. The van der Waals surface area contributed by atoms with Gasteiger partial charge >= 0.3 is 12.4 Å². The molecule has 0 atom stereocenters. The molecule has 0 fully saturated rings. The molecule has 0 bridgehead atoms. The van der Waals surface area contributed by atoms with Gasteiger partial charge in [0.25, 0.3) is 5.91 Å². The number of anilines is 1. The topological polar surface area (TPSA) is 51.2 Å². The van der Waals surface area contributed by atoms with Gasteiger partial charge in [0, 0.05) is 11.9 Å². The number of carbonyl (C=O) groups excluding carboxylic acids is 1. The summed E-state index contributed by atoms with van der Waals surface area (Å²) in [5.74, 6) is -1.04. The van der Waals surface area contributed by atoms with Crippen LogP contribution in [0.15, 0.2) is 36.5 Å². The highest BCUT2D eigenvalue weighted by atomic mass is 19.4. The summed E-state index contributed by atoms with van der Waals surface area (Å²) in [5.41, 5.74) is -3.83. The Balaban J connectivity index is 2.41. The van der Waals surface area contributed by atoms with Crippen molar-refractivity contribution in [2.45, 2.75) is 19.3 Å². The van der Waals surface area contributed by atoms with Crippen LogP contribution in [-0.2, 0) is 12.4 Å². The SMILES string of the molecule is CCOc1ncccc1C(=O)Nc1cc(C(F)(F)F)cc(C(F)(F)F)c1. The highest BCUT2D eigenvalue weighted by Gasteiger charge is 2.37. The molecule has 0 saturated heterocycles. The number of nitrogens with one attached hydrogen (secondary N) is 1. The summed E-state index contributed by atoms with van der Waals surface area (Å²) in [4.78, 5) is 16.0. The van der Waals surface area contributed by atoms with Gasteiger partial charge in [-0.25, -0.2) is 4.98 Å². The Morgan fingerprint density at radius 1 is 1.08 bits per heavy atom. The van der Waals surface area contributed by atoms with Gasteiger partial charge in [0.1, 0.15) is 5.56 Å². The van der Waals surface area contributed by atoms with Gasteiger partial charge < -0.3 is 10.1 Å². The van der Waals surface area contributed by atoms with Crippen LogP contribution >= 0.6 is 0 Å². The number of benzene rings is 1. The van der Waals surface area contributed by atoms with Crippen LogP contribution in [0.25, 0.3) is 0 Å². The minimum absolute atomic E-state index is 0.0225. The van der Waals surface area contributed by atoms with Gasteiger partial charge in [0.15, 0.2) is 0 Å². The molecule has 0 unspecified atom stereocenters. The zero-order valence-electron chi connectivity index (χ0n) is 13.2. The van der Waals surface area contributed by atoms with Crippen LogP contribution in [0.4, 0.5) is 32.0 Å². The first-order valence-electron chi connectivity index (χ1n) is 7.21. The Morgan fingerprint density at radius 3 is 2.15 bits per heavy atom. The third-order valence-electron chi connectivity index (χ3n) is 3.14. The lowest BCUT2D eigenvalue weighted by Gasteiger charge is -2.15. The predicted octanol–water partition coefficient (Wildman–Crippen LogP) is 4.77. The molecule has 0 spiro atoms. The van der Waals surface area contributed by atoms with E-state index in [1.165, 1.54) is 18.3 Å². The fraction of sp³-hybridized carbons (Fsp3) is 0.250. The number of carbonyl (C=O) groups is 1. The molecular weight excluding hydrogens is 366 g/mol. The number of pyridine rings is 1. The maximum absolute atomic E-state index is 12.9. The van der Waals surface area contributed by atoms with Gasteiger partial charge in [-0.15, -0.1) is 0 Å². The molecule has 1 aromatic heterocycles. The summed E-state index contributed by atoms with van der Waals surface area (Å²) in [6, 6.07) is 3.48. The van der Waals surface area contributed by atoms with Crippen LogP contribution in [0.2, 0.25) is 0 Å². The van der Waals surface area contributed by atoms with Gasteiger partial charge in [-0.1, -0.05) is 0 Å². The molecule has 0 aliphatic heterocycles. The lowest BCUT2D eigenvalue weighted by atomic mass is 10.1. The molecule has 2 aromatic rings. The normalized spacial score (nSPS) is 12.0. The van der Waals surface area contributed by atoms with Gasteiger partial charge in [0.2, 0.25) is 5.88 Å². The van der Waals surface area contributed by atoms with Crippen molar-refractivity contribution in [3.8, 4) is 5.88 Å². The summed E-state index contributed by atoms with van der Waals surface area (Å²) in [7, 11) is 0. The molecular formula is C16H12F6N2O2. The van der Waals surface area contributed by atoms with Crippen LogP contribution < -0.4 is 10.1 Å². The smallest absolute Gasteiger partial charge is 0.416 e. The van der Waals surface area contributed by atoms with E-state index in [2.05, 4.69) is 4.98 Å². The average molecular weight is 378 g/mol. The highest BCUT2D eigenvalue weighted by Crippen LogP contribution is 2.37. The Bertz CT molecular complexity index is 770. The highest BCUT2D eigenvalue weighted by molar-refractivity contribution is 6.05. The molecule has 1 N–H and O–H groups in total. The third-order valence-corrected chi connectivity index (χ3v) is 3.14. The van der Waals surface area contributed by atoms with Crippen molar-refractivity contribution in [2.75, 3.05) is 11.9 Å². The average Bonchev–Trinajstić information content (AvgIpc) is 2.53. The van der Waals surface area contributed by atoms with E-state index in [-0.39, 0.29) is 24.1 Å². The second-order valence-corrected chi connectivity index (χ2v) is 5.04. The van der Waals surface area contributed by atoms with E-state index in [1.54, 1.807) is 6.92 Å². The van der Waals surface area contributed by atoms with E-state index in [1.807, 2.05) is 5.32 Å². The molecule has 0 aliphatic rings. The number of alkyl halides is 6. The number of nitrogens with zero attached hydrogens (tertiary/aromatic N) is 1. The van der Waals surface area contributed by atoms with E-state index in [0.717, 1.165) is 0 Å². The van der Waals surface area contributed by atoms with Crippen molar-refractivity contribution in [3.63, 3.8) is 0 Å². The fourth-order valence-electron chi connectivity index (χ4n) is 2.04. The van der Waals surface area contributed by atoms with E-state index >= 15 is 0 Å². The number of ether oxygens (including phenoxy) is 1. The number of amides is 1. The minimum Gasteiger partial charge on any atom is -0.477 e. The second kappa shape index (κ2) is 7.22. The molecule has 0 saturated carbocycles. The molecule has 10 heteroatoms. The number of aromatic nitrogens is 1. The Kier molecular flexibility index (Phi) is 5.43. The Labute approximate surface area is 143 Å². The first-order chi connectivity index (χ1) is 12.0. The van der Waals surface area contributed by atoms with Crippen LogP contribution in [0, 0.1) is 0 Å². The first kappa shape index (κ1) is 19.5. The number of rotatable bonds is 4. The van der Waals surface area contributed by atoms with E-state index < -0.39 is 35.1 Å². The summed E-state index contributed by atoms with van der Waals surface area (Å²) in [6.45, 7) is 1.79. The Hall–Kier alpha value is -2.78. The maximum Gasteiger partial charge on any atom is 0.416 e. The van der Waals surface area contributed by atoms with Crippen LogP contribution in [-0.4, -0.2) is 17.5 Å². The summed E-state index contributed by atoms with van der Waals surface area (Å²) in [5, 5.41) is 2.02. The standard InChI is InChI=1S/C16H12F6N2O2/c1-2-26-14-12(4-3-5-23-14)13(25)24-11-7-9(15(17,18)19)6-10(8-11)16(20,21)22/h3-8H,2H2,1H3,(H,24,25). The minimum atomic E-state index is -5.01. The van der Waals surface area contributed by atoms with Crippen molar-refractivity contribution in [3.05, 3.63) is 53.2 Å². The van der Waals surface area contributed by atoms with E-state index in [4.69, 9.17) is 4.74 Å². The zero-order valence-corrected chi connectivity index (χ0v) is 13.2. The van der Waals surface area contributed by atoms with Gasteiger partial charge in [-0.2, -0.15) is 26.3 Å². The molecule has 1 aromatic carbocycles. The zero-order chi connectivity index (χ0) is 19.5. The molecule has 0 aliphatic carbocycles. The number of hydrogen-bond acceptors (Lipinski definition) is 3. The van der Waals surface area contributed by atoms with Crippen molar-refractivity contribution in [1.29, 1.82) is 0 Å². The van der Waals surface area contributed by atoms with Gasteiger partial charge in [0.05, 0.1) is 17.7 Å². The summed E-state index contributed by atoms with van der Waals surface area (Å²) < 4.78 is 82.2. The molecule has 4 nitrogen and oxygen atoms in total. The van der Waals surface area contributed by atoms with Crippen molar-refractivity contribution >= 4 is 11.6 Å². The molecule has 140 valence electrons. The van der Waals surface area contributed by atoms with Gasteiger partial charge in [-0.05, 0) is 37.3 Å². The van der Waals surface area contributed by atoms with Crippen LogP contribution in [0.5, 0.6) is 5.88 Å². The number of halogens is 6. The second-order valence-electron chi connectivity index (χ2n) is 5.04. The molecule has 2 rings (SSSR count). The monoisotopic (exact) mass is 378 g/mol. The van der Waals surface area contributed by atoms with Gasteiger partial charge in [-0.3, -0.25) is 4.79 Å². The quantitative estimate of drug-likeness (QED) is 0.780. The van der Waals surface area contributed by atoms with Crippen LogP contribution in [0.3, 0.4) is 0 Å². The third kappa shape index (κ3) is 4.64. The number of hydrogen-bond donors (Lipinski definition) is 1. The molecule has 0 radical (unpaired) electrons. The van der Waals surface area contributed by atoms with Crippen molar-refractivity contribution < 1.29 is 35.9 Å². The van der Waals surface area contributed by atoms with E-state index in [0.29, 0.717) is 12.1 Å². The largest absolute Gasteiger partial charge is 0.477 e. The summed E-state index contributed by atoms with van der Waals surface area (Å²) >= 11 is 0. The maximum atomic E-state index is 12.9. The van der Waals surface area contributed by atoms with Crippen molar-refractivity contribution in [1.82, 2.24) is 4.98 Å². The molecule has 1 amide bonds. The van der Waals surface area contributed by atoms with E-state index in [9.17, 15) is 31.1 Å². The fourth-order valence-corrected chi connectivity index (χ4v) is 2.04. The summed E-state index contributed by atoms with van der Waals surface area (Å²) in [6.07, 6.45) is -8.69. The predicted molar refractivity (Wildman–Crippen MR) is 79.8 cm³/mol. The van der Waals surface area contributed by atoms with Crippen molar-refractivity contribution in [2.24, 2.45) is 0 Å². The lowest BCUT2D eigenvalue weighted by molar-refractivity contribution is -0.143. The Morgan fingerprint density at radius 2 is 1.65 bits per heavy atom. The lowest BCUT2D eigenvalue weighted by Crippen LogP contribution is -2.17.